The number of rotatable bonds is 9. The number of aliphatic carboxylic acids is 1. The molecule has 2 aromatic carbocycles. The van der Waals surface area contributed by atoms with Gasteiger partial charge in [0.15, 0.2) is 0 Å². The van der Waals surface area contributed by atoms with Gasteiger partial charge in [0.25, 0.3) is 0 Å². The fourth-order valence-corrected chi connectivity index (χ4v) is 4.47. The number of fused-ring (bicyclic) bond motifs is 1. The van der Waals surface area contributed by atoms with E-state index in [-0.39, 0.29) is 12.5 Å². The first-order chi connectivity index (χ1) is 15.0. The van der Waals surface area contributed by atoms with Gasteiger partial charge in [-0.15, -0.1) is 0 Å². The zero-order valence-electron chi connectivity index (χ0n) is 17.5. The molecule has 31 heavy (non-hydrogen) atoms. The molecule has 1 atom stereocenters. The van der Waals surface area contributed by atoms with Crippen molar-refractivity contribution in [2.75, 3.05) is 33.4 Å². The highest BCUT2D eigenvalue weighted by Crippen LogP contribution is 2.30. The number of carbonyl (C=O) groups is 1. The van der Waals surface area contributed by atoms with Crippen LogP contribution in [-0.2, 0) is 22.6 Å². The Hall–Kier alpha value is -2.42. The van der Waals surface area contributed by atoms with Crippen LogP contribution >= 0.6 is 15.9 Å². The van der Waals surface area contributed by atoms with Crippen LogP contribution in [0.2, 0.25) is 0 Å². The molecule has 164 valence electrons. The molecule has 1 aliphatic rings. The lowest BCUT2D eigenvalue weighted by molar-refractivity contribution is -0.136. The smallest absolute Gasteiger partial charge is 0.307 e. The molecule has 2 heterocycles. The molecule has 0 spiro atoms. The first-order valence-electron chi connectivity index (χ1n) is 10.4. The molecule has 1 unspecified atom stereocenters. The Labute approximate surface area is 189 Å². The molecule has 1 fully saturated rings. The van der Waals surface area contributed by atoms with E-state index in [9.17, 15) is 9.90 Å². The number of nitrogens with zero attached hydrogens (tertiary/aromatic N) is 3. The number of para-hydroxylation sites is 1. The molecule has 0 saturated carbocycles. The van der Waals surface area contributed by atoms with Crippen LogP contribution in [0.5, 0.6) is 5.75 Å². The van der Waals surface area contributed by atoms with Gasteiger partial charge >= 0.3 is 5.97 Å². The van der Waals surface area contributed by atoms with Crippen LogP contribution < -0.4 is 4.74 Å². The predicted molar refractivity (Wildman–Crippen MR) is 122 cm³/mol. The minimum absolute atomic E-state index is 0.0706. The van der Waals surface area contributed by atoms with Gasteiger partial charge in [0.05, 0.1) is 30.3 Å². The summed E-state index contributed by atoms with van der Waals surface area (Å²) in [5.74, 6) is -0.286. The van der Waals surface area contributed by atoms with Crippen molar-refractivity contribution < 1.29 is 19.4 Å². The number of likely N-dealkylation sites (tertiary alicyclic amines) is 1. The summed E-state index contributed by atoms with van der Waals surface area (Å²) >= 11 is 3.57. The molecule has 0 bridgehead atoms. The Balaban J connectivity index is 1.62. The number of carboxylic acids is 1. The second-order valence-corrected chi connectivity index (χ2v) is 8.67. The van der Waals surface area contributed by atoms with Crippen molar-refractivity contribution in [3.05, 3.63) is 58.2 Å². The van der Waals surface area contributed by atoms with Gasteiger partial charge < -0.3 is 14.6 Å². The molecular formula is C23H26BrN3O4. The fourth-order valence-electron chi connectivity index (χ4n) is 4.11. The quantitative estimate of drug-likeness (QED) is 0.493. The van der Waals surface area contributed by atoms with Gasteiger partial charge in [-0.1, -0.05) is 34.1 Å². The molecule has 1 saturated heterocycles. The molecule has 1 N–H and O–H groups in total. The highest BCUT2D eigenvalue weighted by molar-refractivity contribution is 9.10. The van der Waals surface area contributed by atoms with Crippen molar-refractivity contribution in [1.82, 2.24) is 14.7 Å². The van der Waals surface area contributed by atoms with Crippen molar-refractivity contribution in [1.29, 1.82) is 0 Å². The SMILES string of the molecule is COCCN1CCC(n2nc3ccc(Br)cc3c2COc2ccccc2CC(=O)O)C1. The van der Waals surface area contributed by atoms with Crippen LogP contribution in [0.1, 0.15) is 23.7 Å². The number of ether oxygens (including phenoxy) is 2. The van der Waals surface area contributed by atoms with Crippen molar-refractivity contribution in [2.45, 2.75) is 25.5 Å². The maximum Gasteiger partial charge on any atom is 0.307 e. The lowest BCUT2D eigenvalue weighted by Gasteiger charge is -2.18. The van der Waals surface area contributed by atoms with Crippen LogP contribution in [0.3, 0.4) is 0 Å². The summed E-state index contributed by atoms with van der Waals surface area (Å²) in [4.78, 5) is 13.6. The van der Waals surface area contributed by atoms with Crippen molar-refractivity contribution in [3.8, 4) is 5.75 Å². The Kier molecular flexibility index (Phi) is 6.89. The van der Waals surface area contributed by atoms with Crippen LogP contribution in [0.15, 0.2) is 46.9 Å². The normalized spacial score (nSPS) is 16.8. The zero-order valence-corrected chi connectivity index (χ0v) is 19.0. The predicted octanol–water partition coefficient (Wildman–Crippen LogP) is 3.90. The summed E-state index contributed by atoms with van der Waals surface area (Å²) in [5, 5.41) is 15.1. The number of methoxy groups -OCH3 is 1. The molecule has 8 heteroatoms. The summed E-state index contributed by atoms with van der Waals surface area (Å²) < 4.78 is 14.5. The second-order valence-electron chi connectivity index (χ2n) is 7.76. The third-order valence-electron chi connectivity index (χ3n) is 5.65. The average Bonchev–Trinajstić information content (AvgIpc) is 3.35. The number of hydrogen-bond donors (Lipinski definition) is 1. The molecular weight excluding hydrogens is 462 g/mol. The van der Waals surface area contributed by atoms with Crippen LogP contribution in [0.25, 0.3) is 10.9 Å². The number of aromatic nitrogens is 2. The monoisotopic (exact) mass is 487 g/mol. The van der Waals surface area contributed by atoms with Gasteiger partial charge in [-0.25, -0.2) is 0 Å². The number of hydrogen-bond acceptors (Lipinski definition) is 5. The summed E-state index contributed by atoms with van der Waals surface area (Å²) in [6, 6.07) is 13.6. The Morgan fingerprint density at radius 1 is 1.29 bits per heavy atom. The Morgan fingerprint density at radius 3 is 2.94 bits per heavy atom. The zero-order chi connectivity index (χ0) is 21.8. The molecule has 4 rings (SSSR count). The molecule has 1 aromatic heterocycles. The molecule has 0 aliphatic carbocycles. The Bertz CT molecular complexity index is 1070. The lowest BCUT2D eigenvalue weighted by atomic mass is 10.1. The largest absolute Gasteiger partial charge is 0.487 e. The number of carboxylic acid groups (broad SMARTS) is 1. The molecule has 1 aliphatic heterocycles. The molecule has 7 nitrogen and oxygen atoms in total. The van der Waals surface area contributed by atoms with Gasteiger partial charge in [0.2, 0.25) is 0 Å². The third-order valence-corrected chi connectivity index (χ3v) is 6.14. The van der Waals surface area contributed by atoms with E-state index < -0.39 is 5.97 Å². The summed E-state index contributed by atoms with van der Waals surface area (Å²) in [6.07, 6.45) is 0.945. The maximum absolute atomic E-state index is 11.2. The van der Waals surface area contributed by atoms with Gasteiger partial charge in [-0.05, 0) is 30.7 Å². The Morgan fingerprint density at radius 2 is 2.13 bits per heavy atom. The van der Waals surface area contributed by atoms with Crippen molar-refractivity contribution in [3.63, 3.8) is 0 Å². The minimum Gasteiger partial charge on any atom is -0.487 e. The van der Waals surface area contributed by atoms with E-state index in [2.05, 4.69) is 31.6 Å². The van der Waals surface area contributed by atoms with Crippen LogP contribution in [0.4, 0.5) is 0 Å². The molecule has 3 aromatic rings. The summed E-state index contributed by atoms with van der Waals surface area (Å²) in [7, 11) is 1.73. The van der Waals surface area contributed by atoms with E-state index in [1.54, 1.807) is 13.2 Å². The van der Waals surface area contributed by atoms with Crippen LogP contribution in [-0.4, -0.2) is 59.1 Å². The van der Waals surface area contributed by atoms with Crippen LogP contribution in [0, 0.1) is 0 Å². The first kappa shape index (κ1) is 21.8. The number of benzene rings is 2. The highest BCUT2D eigenvalue weighted by atomic mass is 79.9. The molecule has 0 amide bonds. The maximum atomic E-state index is 11.2. The van der Waals surface area contributed by atoms with E-state index >= 15 is 0 Å². The van der Waals surface area contributed by atoms with E-state index in [1.165, 1.54) is 0 Å². The lowest BCUT2D eigenvalue weighted by Crippen LogP contribution is -2.26. The highest BCUT2D eigenvalue weighted by Gasteiger charge is 2.27. The number of halogens is 1. The van der Waals surface area contributed by atoms with Gasteiger partial charge in [0.1, 0.15) is 12.4 Å². The topological polar surface area (TPSA) is 76.8 Å². The van der Waals surface area contributed by atoms with E-state index in [0.29, 0.717) is 17.9 Å². The van der Waals surface area contributed by atoms with E-state index in [0.717, 1.165) is 53.7 Å². The van der Waals surface area contributed by atoms with Gasteiger partial charge in [-0.3, -0.25) is 14.4 Å². The van der Waals surface area contributed by atoms with E-state index in [4.69, 9.17) is 14.6 Å². The summed E-state index contributed by atoms with van der Waals surface area (Å²) in [5.41, 5.74) is 2.59. The van der Waals surface area contributed by atoms with Gasteiger partial charge in [-0.2, -0.15) is 5.10 Å². The summed E-state index contributed by atoms with van der Waals surface area (Å²) in [6.45, 7) is 3.87. The average molecular weight is 488 g/mol. The second kappa shape index (κ2) is 9.80. The van der Waals surface area contributed by atoms with Gasteiger partial charge in [0, 0.05) is 42.2 Å². The molecule has 0 radical (unpaired) electrons. The van der Waals surface area contributed by atoms with E-state index in [1.807, 2.05) is 30.3 Å². The minimum atomic E-state index is -0.877. The van der Waals surface area contributed by atoms with Crippen molar-refractivity contribution in [2.24, 2.45) is 0 Å². The third kappa shape index (κ3) is 5.08. The standard InChI is InChI=1S/C23H26BrN3O4/c1-30-11-10-26-9-8-18(14-26)27-21(19-13-17(24)6-7-20(19)25-27)15-31-22-5-3-2-4-16(22)12-23(28)29/h2-7,13,18H,8-12,14-15H2,1H3,(H,28,29). The van der Waals surface area contributed by atoms with Crippen molar-refractivity contribution >= 4 is 32.8 Å². The first-order valence-corrected chi connectivity index (χ1v) is 11.1. The fraction of sp³-hybridized carbons (Fsp3) is 0.391.